The predicted molar refractivity (Wildman–Crippen MR) is 90.3 cm³/mol. The molecule has 0 heterocycles. The fraction of sp³-hybridized carbons (Fsp3) is 0.0952. The van der Waals surface area contributed by atoms with E-state index >= 15 is 0 Å². The molecule has 1 aliphatic carbocycles. The van der Waals surface area contributed by atoms with Crippen LogP contribution in [0.4, 0.5) is 0 Å². The lowest BCUT2D eigenvalue weighted by molar-refractivity contribution is 0.0385. The average Bonchev–Trinajstić information content (AvgIpc) is 2.90. The summed E-state index contributed by atoms with van der Waals surface area (Å²) in [6.45, 7) is 1.92. The zero-order valence-electron chi connectivity index (χ0n) is 12.8. The highest BCUT2D eigenvalue weighted by Crippen LogP contribution is 2.45. The molecule has 2 heteroatoms. The van der Waals surface area contributed by atoms with E-state index in [0.717, 1.165) is 27.8 Å². The highest BCUT2D eigenvalue weighted by Gasteiger charge is 2.31. The lowest BCUT2D eigenvalue weighted by atomic mass is 10.1. The Morgan fingerprint density at radius 2 is 1.30 bits per heavy atom. The van der Waals surface area contributed by atoms with E-state index in [1.165, 1.54) is 0 Å². The molecule has 0 bridgehead atoms. The maximum Gasteiger partial charge on any atom is 0.339 e. The average molecular weight is 300 g/mol. The summed E-state index contributed by atoms with van der Waals surface area (Å²) in [7, 11) is 0. The summed E-state index contributed by atoms with van der Waals surface area (Å²) in [6.07, 6.45) is -0.338. The lowest BCUT2D eigenvalue weighted by Gasteiger charge is -2.16. The number of benzene rings is 3. The maximum absolute atomic E-state index is 12.6. The summed E-state index contributed by atoms with van der Waals surface area (Å²) in [5.41, 5.74) is 5.94. The quantitative estimate of drug-likeness (QED) is 0.628. The van der Waals surface area contributed by atoms with Gasteiger partial charge in [0.05, 0.1) is 5.56 Å². The van der Waals surface area contributed by atoms with Crippen LogP contribution in [-0.4, -0.2) is 5.97 Å². The molecule has 112 valence electrons. The standard InChI is InChI=1S/C21H16O2/c1-14-8-2-3-9-15(14)21(22)23-20-18-12-6-4-10-16(18)17-11-5-7-13-19(17)20/h2-13,20H,1H3. The predicted octanol–water partition coefficient (Wildman–Crippen LogP) is 4.92. The number of fused-ring (bicyclic) bond motifs is 3. The molecular weight excluding hydrogens is 284 g/mol. The van der Waals surface area contributed by atoms with Crippen molar-refractivity contribution in [3.63, 3.8) is 0 Å². The van der Waals surface area contributed by atoms with Crippen LogP contribution < -0.4 is 0 Å². The van der Waals surface area contributed by atoms with Crippen molar-refractivity contribution in [2.24, 2.45) is 0 Å². The second-order valence-electron chi connectivity index (χ2n) is 5.77. The van der Waals surface area contributed by atoms with E-state index in [4.69, 9.17) is 4.74 Å². The van der Waals surface area contributed by atoms with Crippen LogP contribution in [0.5, 0.6) is 0 Å². The number of hydrogen-bond donors (Lipinski definition) is 0. The first-order valence-corrected chi connectivity index (χ1v) is 7.70. The number of carbonyl (C=O) groups excluding carboxylic acids is 1. The Kier molecular flexibility index (Phi) is 3.23. The molecule has 0 spiro atoms. The van der Waals surface area contributed by atoms with Crippen molar-refractivity contribution >= 4 is 5.97 Å². The van der Waals surface area contributed by atoms with Crippen molar-refractivity contribution in [1.29, 1.82) is 0 Å². The maximum atomic E-state index is 12.6. The topological polar surface area (TPSA) is 26.3 Å². The molecule has 0 saturated heterocycles. The molecule has 0 N–H and O–H groups in total. The van der Waals surface area contributed by atoms with E-state index in [2.05, 4.69) is 12.1 Å². The van der Waals surface area contributed by atoms with Gasteiger partial charge in [-0.3, -0.25) is 0 Å². The molecule has 3 aromatic carbocycles. The zero-order valence-corrected chi connectivity index (χ0v) is 12.8. The summed E-state index contributed by atoms with van der Waals surface area (Å²) in [4.78, 5) is 12.6. The fourth-order valence-corrected chi connectivity index (χ4v) is 3.21. The normalized spacial score (nSPS) is 12.6. The molecular formula is C21H16O2. The number of rotatable bonds is 2. The molecule has 0 aliphatic heterocycles. The second-order valence-corrected chi connectivity index (χ2v) is 5.77. The van der Waals surface area contributed by atoms with E-state index < -0.39 is 0 Å². The van der Waals surface area contributed by atoms with Gasteiger partial charge in [0.2, 0.25) is 0 Å². The molecule has 4 rings (SSSR count). The van der Waals surface area contributed by atoms with Crippen LogP contribution in [-0.2, 0) is 4.74 Å². The second kappa shape index (κ2) is 5.40. The van der Waals surface area contributed by atoms with Crippen LogP contribution >= 0.6 is 0 Å². The molecule has 0 fully saturated rings. The highest BCUT2D eigenvalue weighted by molar-refractivity contribution is 5.92. The molecule has 0 unspecified atom stereocenters. The van der Waals surface area contributed by atoms with Crippen molar-refractivity contribution in [2.45, 2.75) is 13.0 Å². The fourth-order valence-electron chi connectivity index (χ4n) is 3.21. The minimum Gasteiger partial charge on any atom is -0.449 e. The summed E-state index contributed by atoms with van der Waals surface area (Å²) in [5.74, 6) is -0.278. The molecule has 2 nitrogen and oxygen atoms in total. The van der Waals surface area contributed by atoms with Gasteiger partial charge in [0.15, 0.2) is 6.10 Å². The molecule has 0 amide bonds. The smallest absolute Gasteiger partial charge is 0.339 e. The third kappa shape index (κ3) is 2.23. The number of hydrogen-bond acceptors (Lipinski definition) is 2. The van der Waals surface area contributed by atoms with E-state index in [1.54, 1.807) is 0 Å². The van der Waals surface area contributed by atoms with Crippen LogP contribution in [0.3, 0.4) is 0 Å². The first-order valence-electron chi connectivity index (χ1n) is 7.70. The molecule has 0 atom stereocenters. The van der Waals surface area contributed by atoms with Gasteiger partial charge < -0.3 is 4.74 Å². The van der Waals surface area contributed by atoms with Crippen LogP contribution in [0, 0.1) is 6.92 Å². The Bertz CT molecular complexity index is 850. The number of carbonyl (C=O) groups is 1. The van der Waals surface area contributed by atoms with E-state index in [0.29, 0.717) is 5.56 Å². The third-order valence-corrected chi connectivity index (χ3v) is 4.37. The van der Waals surface area contributed by atoms with Gasteiger partial charge in [-0.2, -0.15) is 0 Å². The molecule has 23 heavy (non-hydrogen) atoms. The zero-order chi connectivity index (χ0) is 15.8. The van der Waals surface area contributed by atoms with Crippen molar-refractivity contribution in [1.82, 2.24) is 0 Å². The Morgan fingerprint density at radius 1 is 0.783 bits per heavy atom. The Labute approximate surface area is 135 Å². The first kappa shape index (κ1) is 13.8. The van der Waals surface area contributed by atoms with Gasteiger partial charge in [0.25, 0.3) is 0 Å². The SMILES string of the molecule is Cc1ccccc1C(=O)OC1c2ccccc2-c2ccccc21. The van der Waals surface area contributed by atoms with Crippen molar-refractivity contribution in [2.75, 3.05) is 0 Å². The third-order valence-electron chi connectivity index (χ3n) is 4.37. The van der Waals surface area contributed by atoms with Gasteiger partial charge in [-0.1, -0.05) is 66.7 Å². The van der Waals surface area contributed by atoms with Crippen LogP contribution in [0.2, 0.25) is 0 Å². The van der Waals surface area contributed by atoms with Gasteiger partial charge in [-0.15, -0.1) is 0 Å². The van der Waals surface area contributed by atoms with Crippen molar-refractivity contribution < 1.29 is 9.53 Å². The molecule has 0 aromatic heterocycles. The summed E-state index contributed by atoms with van der Waals surface area (Å²) in [6, 6.07) is 23.7. The van der Waals surface area contributed by atoms with E-state index in [-0.39, 0.29) is 12.1 Å². The van der Waals surface area contributed by atoms with Gasteiger partial charge in [0, 0.05) is 11.1 Å². The van der Waals surface area contributed by atoms with E-state index in [9.17, 15) is 4.79 Å². The first-order chi connectivity index (χ1) is 11.3. The Balaban J connectivity index is 1.75. The van der Waals surface area contributed by atoms with Gasteiger partial charge in [0.1, 0.15) is 0 Å². The van der Waals surface area contributed by atoms with Gasteiger partial charge in [-0.25, -0.2) is 4.79 Å². The van der Waals surface area contributed by atoms with Crippen molar-refractivity contribution in [3.05, 3.63) is 95.1 Å². The molecule has 0 radical (unpaired) electrons. The molecule has 3 aromatic rings. The highest BCUT2D eigenvalue weighted by atomic mass is 16.5. The number of aryl methyl sites for hydroxylation is 1. The van der Waals surface area contributed by atoms with Gasteiger partial charge in [-0.05, 0) is 29.7 Å². The van der Waals surface area contributed by atoms with Crippen LogP contribution in [0.1, 0.15) is 33.2 Å². The summed E-state index contributed by atoms with van der Waals surface area (Å²) in [5, 5.41) is 0. The lowest BCUT2D eigenvalue weighted by Crippen LogP contribution is -2.12. The van der Waals surface area contributed by atoms with Crippen molar-refractivity contribution in [3.8, 4) is 11.1 Å². The monoisotopic (exact) mass is 300 g/mol. The minimum atomic E-state index is -0.338. The number of esters is 1. The van der Waals surface area contributed by atoms with Gasteiger partial charge >= 0.3 is 5.97 Å². The van der Waals surface area contributed by atoms with E-state index in [1.807, 2.05) is 67.6 Å². The minimum absolute atomic E-state index is 0.278. The largest absolute Gasteiger partial charge is 0.449 e. The number of ether oxygens (including phenoxy) is 1. The van der Waals surface area contributed by atoms with Crippen LogP contribution in [0.15, 0.2) is 72.8 Å². The Hall–Kier alpha value is -2.87. The summed E-state index contributed by atoms with van der Waals surface area (Å²) >= 11 is 0. The summed E-state index contributed by atoms with van der Waals surface area (Å²) < 4.78 is 5.89. The Morgan fingerprint density at radius 3 is 1.91 bits per heavy atom. The van der Waals surface area contributed by atoms with Crippen LogP contribution in [0.25, 0.3) is 11.1 Å². The molecule has 0 saturated carbocycles. The molecule has 1 aliphatic rings.